The Hall–Kier alpha value is -3.65. The number of rotatable bonds is 10. The van der Waals surface area contributed by atoms with Gasteiger partial charge < -0.3 is 10.2 Å². The second kappa shape index (κ2) is 12.7. The zero-order chi connectivity index (χ0) is 28.9. The molecule has 0 heterocycles. The van der Waals surface area contributed by atoms with Gasteiger partial charge in [-0.25, -0.2) is 8.42 Å². The Morgan fingerprint density at radius 1 is 0.900 bits per heavy atom. The van der Waals surface area contributed by atoms with Gasteiger partial charge in [0.25, 0.3) is 10.0 Å². The van der Waals surface area contributed by atoms with Crippen molar-refractivity contribution < 1.29 is 18.0 Å². The van der Waals surface area contributed by atoms with Gasteiger partial charge in [-0.15, -0.1) is 0 Å². The number of hydrogen-bond acceptors (Lipinski definition) is 4. The van der Waals surface area contributed by atoms with Gasteiger partial charge in [-0.2, -0.15) is 0 Å². The molecule has 1 aliphatic carbocycles. The summed E-state index contributed by atoms with van der Waals surface area (Å²) in [7, 11) is -4.07. The molecule has 3 aromatic rings. The molecule has 0 aromatic heterocycles. The number of aryl methyl sites for hydroxylation is 3. The molecule has 8 heteroatoms. The van der Waals surface area contributed by atoms with Crippen LogP contribution in [0.15, 0.2) is 77.7 Å². The molecule has 0 radical (unpaired) electrons. The van der Waals surface area contributed by atoms with Crippen molar-refractivity contribution in [2.45, 2.75) is 76.9 Å². The minimum Gasteiger partial charge on any atom is -0.352 e. The third-order valence-corrected chi connectivity index (χ3v) is 9.48. The monoisotopic (exact) mass is 561 g/mol. The Balaban J connectivity index is 1.69. The van der Waals surface area contributed by atoms with Crippen molar-refractivity contribution >= 4 is 27.5 Å². The van der Waals surface area contributed by atoms with Gasteiger partial charge in [0.1, 0.15) is 12.6 Å². The maximum absolute atomic E-state index is 14.1. The molecule has 212 valence electrons. The summed E-state index contributed by atoms with van der Waals surface area (Å²) in [6, 6.07) is 20.6. The van der Waals surface area contributed by atoms with Crippen LogP contribution < -0.4 is 9.62 Å². The van der Waals surface area contributed by atoms with Crippen molar-refractivity contribution in [3.8, 4) is 0 Å². The fraction of sp³-hybridized carbons (Fsp3) is 0.375. The van der Waals surface area contributed by atoms with Gasteiger partial charge in [0, 0.05) is 12.6 Å². The first-order chi connectivity index (χ1) is 19.1. The first-order valence-electron chi connectivity index (χ1n) is 13.9. The molecule has 1 saturated carbocycles. The van der Waals surface area contributed by atoms with Crippen molar-refractivity contribution in [1.29, 1.82) is 0 Å². The van der Waals surface area contributed by atoms with Crippen LogP contribution in [0.3, 0.4) is 0 Å². The molecule has 7 nitrogen and oxygen atoms in total. The molecule has 40 heavy (non-hydrogen) atoms. The molecular formula is C32H39N3O4S. The fourth-order valence-electron chi connectivity index (χ4n) is 5.11. The SMILES string of the molecule is Cc1cccc(CN(C(=O)CN(c2ccc(C)c(C)c2)S(=O)(=O)c2ccccc2)[C@@H](C)C(=O)NC2CCCC2)c1. The Bertz CT molecular complexity index is 1450. The van der Waals surface area contributed by atoms with Crippen LogP contribution in [0.4, 0.5) is 5.69 Å². The van der Waals surface area contributed by atoms with Crippen LogP contribution in [-0.2, 0) is 26.2 Å². The zero-order valence-electron chi connectivity index (χ0n) is 23.8. The normalized spacial score (nSPS) is 14.5. The summed E-state index contributed by atoms with van der Waals surface area (Å²) in [6.07, 6.45) is 4.02. The van der Waals surface area contributed by atoms with E-state index < -0.39 is 28.5 Å². The predicted octanol–water partition coefficient (Wildman–Crippen LogP) is 5.28. The number of carbonyl (C=O) groups excluding carboxylic acids is 2. The molecule has 1 atom stereocenters. The van der Waals surface area contributed by atoms with Gasteiger partial charge >= 0.3 is 0 Å². The maximum Gasteiger partial charge on any atom is 0.264 e. The molecule has 3 aromatic carbocycles. The summed E-state index contributed by atoms with van der Waals surface area (Å²) < 4.78 is 29.0. The van der Waals surface area contributed by atoms with Gasteiger partial charge in [-0.3, -0.25) is 13.9 Å². The van der Waals surface area contributed by atoms with Crippen molar-refractivity contribution in [3.63, 3.8) is 0 Å². The number of amides is 2. The number of carbonyl (C=O) groups is 2. The first-order valence-corrected chi connectivity index (χ1v) is 15.3. The highest BCUT2D eigenvalue weighted by molar-refractivity contribution is 7.92. The first kappa shape index (κ1) is 29.3. The van der Waals surface area contributed by atoms with E-state index in [-0.39, 0.29) is 23.4 Å². The van der Waals surface area contributed by atoms with Crippen molar-refractivity contribution in [2.75, 3.05) is 10.8 Å². The van der Waals surface area contributed by atoms with Gasteiger partial charge in [-0.05, 0) is 81.5 Å². The third kappa shape index (κ3) is 6.91. The second-order valence-electron chi connectivity index (χ2n) is 10.8. The Morgan fingerprint density at radius 2 is 1.60 bits per heavy atom. The quantitative estimate of drug-likeness (QED) is 0.365. The summed E-state index contributed by atoms with van der Waals surface area (Å²) in [5.41, 5.74) is 4.25. The average molecular weight is 562 g/mol. The lowest BCUT2D eigenvalue weighted by molar-refractivity contribution is -0.139. The highest BCUT2D eigenvalue weighted by Gasteiger charge is 2.33. The standard InChI is InChI=1S/C32H39N3O4S/c1-23-11-10-12-27(19-23)21-34(26(4)32(37)33-28-13-8-9-14-28)31(36)22-35(29-18-17-24(2)25(3)20-29)40(38,39)30-15-6-5-7-16-30/h5-7,10-12,15-20,26,28H,8-9,13-14,21-22H2,1-4H3,(H,33,37)/t26-/m0/s1. The molecule has 1 N–H and O–H groups in total. The van der Waals surface area contributed by atoms with Crippen LogP contribution in [0.2, 0.25) is 0 Å². The van der Waals surface area contributed by atoms with Crippen LogP contribution in [-0.4, -0.2) is 43.8 Å². The topological polar surface area (TPSA) is 86.8 Å². The average Bonchev–Trinajstić information content (AvgIpc) is 3.45. The third-order valence-electron chi connectivity index (χ3n) is 7.69. The van der Waals surface area contributed by atoms with Gasteiger partial charge in [0.15, 0.2) is 0 Å². The number of nitrogens with one attached hydrogen (secondary N) is 1. The summed E-state index contributed by atoms with van der Waals surface area (Å²) in [6.45, 7) is 7.30. The fourth-order valence-corrected chi connectivity index (χ4v) is 6.54. The number of hydrogen-bond donors (Lipinski definition) is 1. The molecule has 2 amide bonds. The van der Waals surface area contributed by atoms with Crippen LogP contribution in [0.5, 0.6) is 0 Å². The van der Waals surface area contributed by atoms with Gasteiger partial charge in [0.2, 0.25) is 11.8 Å². The number of sulfonamides is 1. The predicted molar refractivity (Wildman–Crippen MR) is 158 cm³/mol. The molecule has 0 bridgehead atoms. The van der Waals surface area contributed by atoms with E-state index in [1.165, 1.54) is 17.0 Å². The minimum atomic E-state index is -4.07. The minimum absolute atomic E-state index is 0.0956. The Labute approximate surface area is 238 Å². The largest absolute Gasteiger partial charge is 0.352 e. The van der Waals surface area contributed by atoms with Crippen LogP contribution in [0.25, 0.3) is 0 Å². The summed E-state index contributed by atoms with van der Waals surface area (Å²) >= 11 is 0. The van der Waals surface area contributed by atoms with Crippen LogP contribution in [0.1, 0.15) is 54.9 Å². The van der Waals surface area contributed by atoms with Crippen LogP contribution in [0, 0.1) is 20.8 Å². The molecule has 0 unspecified atom stereocenters. The molecular weight excluding hydrogens is 522 g/mol. The van der Waals surface area contributed by atoms with Gasteiger partial charge in [-0.1, -0.05) is 66.9 Å². The zero-order valence-corrected chi connectivity index (χ0v) is 24.6. The smallest absolute Gasteiger partial charge is 0.264 e. The highest BCUT2D eigenvalue weighted by Crippen LogP contribution is 2.27. The lowest BCUT2D eigenvalue weighted by Gasteiger charge is -2.32. The highest BCUT2D eigenvalue weighted by atomic mass is 32.2. The molecule has 1 fully saturated rings. The molecule has 1 aliphatic rings. The molecule has 0 spiro atoms. The lowest BCUT2D eigenvalue weighted by Crippen LogP contribution is -2.52. The van der Waals surface area contributed by atoms with Crippen LogP contribution >= 0.6 is 0 Å². The van der Waals surface area contributed by atoms with Crippen molar-refractivity contribution in [2.24, 2.45) is 0 Å². The maximum atomic E-state index is 14.1. The second-order valence-corrected chi connectivity index (χ2v) is 12.6. The summed E-state index contributed by atoms with van der Waals surface area (Å²) in [5, 5.41) is 3.10. The van der Waals surface area contributed by atoms with Crippen molar-refractivity contribution in [3.05, 3.63) is 95.1 Å². The van der Waals surface area contributed by atoms with E-state index in [9.17, 15) is 18.0 Å². The molecule has 0 saturated heterocycles. The number of anilines is 1. The lowest BCUT2D eigenvalue weighted by atomic mass is 10.1. The van der Waals surface area contributed by atoms with E-state index in [2.05, 4.69) is 5.32 Å². The van der Waals surface area contributed by atoms with E-state index in [1.807, 2.05) is 51.1 Å². The Morgan fingerprint density at radius 3 is 2.25 bits per heavy atom. The summed E-state index contributed by atoms with van der Waals surface area (Å²) in [4.78, 5) is 29.0. The number of benzene rings is 3. The van der Waals surface area contributed by atoms with E-state index in [0.717, 1.165) is 52.2 Å². The van der Waals surface area contributed by atoms with E-state index >= 15 is 0 Å². The summed E-state index contributed by atoms with van der Waals surface area (Å²) in [5.74, 6) is -0.676. The number of nitrogens with zero attached hydrogens (tertiary/aromatic N) is 2. The van der Waals surface area contributed by atoms with Gasteiger partial charge in [0.05, 0.1) is 10.6 Å². The van der Waals surface area contributed by atoms with E-state index in [0.29, 0.717) is 5.69 Å². The molecule has 0 aliphatic heterocycles. The van der Waals surface area contributed by atoms with E-state index in [4.69, 9.17) is 0 Å². The Kier molecular flexibility index (Phi) is 9.30. The van der Waals surface area contributed by atoms with Crippen molar-refractivity contribution in [1.82, 2.24) is 10.2 Å². The van der Waals surface area contributed by atoms with E-state index in [1.54, 1.807) is 37.3 Å². The molecule has 4 rings (SSSR count).